The fourth-order valence-electron chi connectivity index (χ4n) is 3.22. The van der Waals surface area contributed by atoms with Crippen molar-refractivity contribution < 1.29 is 9.13 Å². The van der Waals surface area contributed by atoms with Gasteiger partial charge in [0.25, 0.3) is 0 Å². The van der Waals surface area contributed by atoms with Crippen molar-refractivity contribution in [3.63, 3.8) is 0 Å². The number of rotatable bonds is 3. The zero-order valence-electron chi connectivity index (χ0n) is 11.3. The first-order chi connectivity index (χ1) is 9.13. The van der Waals surface area contributed by atoms with E-state index in [-0.39, 0.29) is 24.1 Å². The van der Waals surface area contributed by atoms with E-state index in [9.17, 15) is 4.39 Å². The molecule has 1 aromatic carbocycles. The van der Waals surface area contributed by atoms with Gasteiger partial charge in [-0.15, -0.1) is 0 Å². The minimum absolute atomic E-state index is 0.0401. The van der Waals surface area contributed by atoms with Crippen molar-refractivity contribution in [1.29, 1.82) is 0 Å². The van der Waals surface area contributed by atoms with Crippen LogP contribution in [0.25, 0.3) is 0 Å². The van der Waals surface area contributed by atoms with Crippen LogP contribution in [0, 0.1) is 5.82 Å². The molecule has 0 radical (unpaired) electrons. The molecular formula is C15H21FN2O. The predicted octanol–water partition coefficient (Wildman–Crippen LogP) is 2.08. The second-order valence-electron chi connectivity index (χ2n) is 5.79. The van der Waals surface area contributed by atoms with E-state index in [0.29, 0.717) is 6.42 Å². The van der Waals surface area contributed by atoms with Gasteiger partial charge in [0.15, 0.2) is 0 Å². The molecule has 2 saturated heterocycles. The summed E-state index contributed by atoms with van der Waals surface area (Å²) in [5.41, 5.74) is 7.62. The Bertz CT molecular complexity index is 451. The molecule has 3 atom stereocenters. The number of ether oxygens (including phenoxy) is 1. The van der Waals surface area contributed by atoms with E-state index < -0.39 is 0 Å². The Kier molecular flexibility index (Phi) is 3.46. The summed E-state index contributed by atoms with van der Waals surface area (Å²) in [5, 5.41) is 0. The molecule has 2 fully saturated rings. The van der Waals surface area contributed by atoms with Crippen LogP contribution in [0.4, 0.5) is 10.1 Å². The Balaban J connectivity index is 1.90. The third-order valence-electron chi connectivity index (χ3n) is 3.97. The molecule has 0 amide bonds. The summed E-state index contributed by atoms with van der Waals surface area (Å²) >= 11 is 0. The summed E-state index contributed by atoms with van der Waals surface area (Å²) in [4.78, 5) is 2.15. The monoisotopic (exact) mass is 264 g/mol. The molecule has 2 N–H and O–H groups in total. The maximum Gasteiger partial charge on any atom is 0.146 e. The van der Waals surface area contributed by atoms with Crippen LogP contribution in [0.1, 0.15) is 25.3 Å². The van der Waals surface area contributed by atoms with E-state index in [1.165, 1.54) is 6.07 Å². The summed E-state index contributed by atoms with van der Waals surface area (Å²) in [6.45, 7) is 3.55. The van der Waals surface area contributed by atoms with E-state index in [1.54, 1.807) is 6.07 Å². The predicted molar refractivity (Wildman–Crippen MR) is 73.9 cm³/mol. The lowest BCUT2D eigenvalue weighted by Gasteiger charge is -2.35. The van der Waals surface area contributed by atoms with Crippen molar-refractivity contribution >= 4 is 5.69 Å². The van der Waals surface area contributed by atoms with Gasteiger partial charge in [0.2, 0.25) is 0 Å². The molecule has 3 rings (SSSR count). The molecule has 3 unspecified atom stereocenters. The Labute approximate surface area is 113 Å². The lowest BCUT2D eigenvalue weighted by Crippen LogP contribution is -2.43. The van der Waals surface area contributed by atoms with E-state index in [0.717, 1.165) is 37.2 Å². The highest BCUT2D eigenvalue weighted by atomic mass is 19.1. The van der Waals surface area contributed by atoms with Crippen molar-refractivity contribution in [2.45, 2.75) is 44.4 Å². The molecule has 0 aromatic heterocycles. The van der Waals surface area contributed by atoms with Gasteiger partial charge in [0.05, 0.1) is 17.9 Å². The van der Waals surface area contributed by atoms with E-state index in [4.69, 9.17) is 10.5 Å². The number of morpholine rings is 1. The number of hydrogen-bond acceptors (Lipinski definition) is 3. The fourth-order valence-corrected chi connectivity index (χ4v) is 3.22. The Morgan fingerprint density at radius 3 is 2.68 bits per heavy atom. The quantitative estimate of drug-likeness (QED) is 0.908. The molecule has 2 heterocycles. The smallest absolute Gasteiger partial charge is 0.146 e. The molecule has 2 aliphatic rings. The van der Waals surface area contributed by atoms with Gasteiger partial charge in [-0.25, -0.2) is 4.39 Å². The highest BCUT2D eigenvalue weighted by Gasteiger charge is 2.35. The third kappa shape index (κ3) is 2.60. The molecule has 2 aliphatic heterocycles. The van der Waals surface area contributed by atoms with Gasteiger partial charge in [-0.1, -0.05) is 12.1 Å². The summed E-state index contributed by atoms with van der Waals surface area (Å²) in [5.74, 6) is -0.139. The zero-order valence-corrected chi connectivity index (χ0v) is 11.3. The van der Waals surface area contributed by atoms with Crippen LogP contribution in [0.3, 0.4) is 0 Å². The number of nitrogens with two attached hydrogens (primary N) is 1. The van der Waals surface area contributed by atoms with E-state index >= 15 is 0 Å². The molecule has 4 heteroatoms. The van der Waals surface area contributed by atoms with Crippen LogP contribution in [0.2, 0.25) is 0 Å². The van der Waals surface area contributed by atoms with Crippen LogP contribution in [0.15, 0.2) is 18.2 Å². The van der Waals surface area contributed by atoms with Crippen LogP contribution in [-0.2, 0) is 11.2 Å². The second-order valence-corrected chi connectivity index (χ2v) is 5.79. The van der Waals surface area contributed by atoms with Gasteiger partial charge in [0.1, 0.15) is 5.82 Å². The first-order valence-electron chi connectivity index (χ1n) is 7.07. The molecule has 3 nitrogen and oxygen atoms in total. The molecule has 104 valence electrons. The molecule has 0 spiro atoms. The van der Waals surface area contributed by atoms with Crippen LogP contribution in [-0.4, -0.2) is 31.3 Å². The Morgan fingerprint density at radius 1 is 1.37 bits per heavy atom. The van der Waals surface area contributed by atoms with Gasteiger partial charge in [-0.05, 0) is 37.8 Å². The number of nitrogens with zero attached hydrogens (tertiary/aromatic N) is 1. The van der Waals surface area contributed by atoms with Crippen molar-refractivity contribution in [2.24, 2.45) is 5.73 Å². The lowest BCUT2D eigenvalue weighted by molar-refractivity contribution is 0.0302. The minimum Gasteiger partial charge on any atom is -0.371 e. The molecule has 0 aliphatic carbocycles. The molecule has 0 saturated carbocycles. The van der Waals surface area contributed by atoms with E-state index in [2.05, 4.69) is 4.90 Å². The normalized spacial score (nSPS) is 27.6. The molecular weight excluding hydrogens is 243 g/mol. The first kappa shape index (κ1) is 12.9. The average molecular weight is 264 g/mol. The van der Waals surface area contributed by atoms with E-state index in [1.807, 2.05) is 13.0 Å². The zero-order chi connectivity index (χ0) is 13.4. The summed E-state index contributed by atoms with van der Waals surface area (Å²) in [6, 6.07) is 5.33. The summed E-state index contributed by atoms with van der Waals surface area (Å²) in [7, 11) is 0. The maximum atomic E-state index is 14.2. The highest BCUT2D eigenvalue weighted by molar-refractivity contribution is 5.56. The number of para-hydroxylation sites is 1. The maximum absolute atomic E-state index is 14.2. The average Bonchev–Trinajstić information content (AvgIpc) is 2.68. The lowest BCUT2D eigenvalue weighted by atomic mass is 10.0. The van der Waals surface area contributed by atoms with Gasteiger partial charge >= 0.3 is 0 Å². The highest BCUT2D eigenvalue weighted by Crippen LogP contribution is 2.33. The summed E-state index contributed by atoms with van der Waals surface area (Å²) < 4.78 is 20.1. The topological polar surface area (TPSA) is 38.5 Å². The van der Waals surface area contributed by atoms with Crippen molar-refractivity contribution in [3.05, 3.63) is 29.6 Å². The number of halogens is 1. The molecule has 19 heavy (non-hydrogen) atoms. The number of benzene rings is 1. The van der Waals surface area contributed by atoms with Crippen LogP contribution < -0.4 is 10.6 Å². The minimum atomic E-state index is -0.139. The standard InChI is InChI=1S/C15H21FN2O/c1-10(17)7-11-3-2-4-14(16)15(11)18-8-12-5-6-13(9-18)19-12/h2-4,10,12-13H,5-9,17H2,1H3. The molecule has 1 aromatic rings. The second kappa shape index (κ2) is 5.10. The SMILES string of the molecule is CC(N)Cc1cccc(F)c1N1CC2CCC(C1)O2. The van der Waals surface area contributed by atoms with Crippen molar-refractivity contribution in [3.8, 4) is 0 Å². The van der Waals surface area contributed by atoms with Gasteiger partial charge in [-0.2, -0.15) is 0 Å². The van der Waals surface area contributed by atoms with Gasteiger partial charge in [0, 0.05) is 19.1 Å². The Hall–Kier alpha value is -1.13. The fraction of sp³-hybridized carbons (Fsp3) is 0.600. The number of hydrogen-bond donors (Lipinski definition) is 1. The number of fused-ring (bicyclic) bond motifs is 2. The Morgan fingerprint density at radius 2 is 2.05 bits per heavy atom. The van der Waals surface area contributed by atoms with Gasteiger partial charge < -0.3 is 15.4 Å². The summed E-state index contributed by atoms with van der Waals surface area (Å²) in [6.07, 6.45) is 3.43. The van der Waals surface area contributed by atoms with Crippen molar-refractivity contribution in [1.82, 2.24) is 0 Å². The molecule has 2 bridgehead atoms. The third-order valence-corrected chi connectivity index (χ3v) is 3.97. The first-order valence-corrected chi connectivity index (χ1v) is 7.07. The van der Waals surface area contributed by atoms with Crippen molar-refractivity contribution in [2.75, 3.05) is 18.0 Å². The van der Waals surface area contributed by atoms with Crippen LogP contribution >= 0.6 is 0 Å². The number of anilines is 1. The van der Waals surface area contributed by atoms with Crippen LogP contribution in [0.5, 0.6) is 0 Å². The largest absolute Gasteiger partial charge is 0.371 e. The van der Waals surface area contributed by atoms with Gasteiger partial charge in [-0.3, -0.25) is 0 Å².